The molecule has 1 aliphatic heterocycles. The minimum Gasteiger partial charge on any atom is -0.481 e. The van der Waals surface area contributed by atoms with Crippen molar-refractivity contribution in [2.24, 2.45) is 0 Å². The van der Waals surface area contributed by atoms with Crippen molar-refractivity contribution < 1.29 is 14.3 Å². The Kier molecular flexibility index (Phi) is 6.17. The molecule has 160 valence electrons. The van der Waals surface area contributed by atoms with Crippen LogP contribution in [0, 0.1) is 26.6 Å². The average molecular weight is 436 g/mol. The highest BCUT2D eigenvalue weighted by atomic mass is 32.2. The normalized spacial score (nSPS) is 13.8. The molecule has 3 nitrogen and oxygen atoms in total. The predicted octanol–water partition coefficient (Wildman–Crippen LogP) is 6.11. The molecule has 1 heterocycles. The molecule has 4 rings (SSSR count). The molecule has 0 unspecified atom stereocenters. The zero-order chi connectivity index (χ0) is 22.1. The maximum atomic E-state index is 13.6. The van der Waals surface area contributed by atoms with E-state index in [2.05, 4.69) is 49.3 Å². The first-order chi connectivity index (χ1) is 14.8. The third-order valence-electron chi connectivity index (χ3n) is 6.04. The molecule has 0 spiro atoms. The van der Waals surface area contributed by atoms with Gasteiger partial charge in [0.05, 0.1) is 6.42 Å². The monoisotopic (exact) mass is 435 g/mol. The highest BCUT2D eigenvalue weighted by Gasteiger charge is 2.26. The molecule has 0 saturated heterocycles. The molecule has 3 aromatic carbocycles. The number of carbonyl (C=O) groups is 1. The van der Waals surface area contributed by atoms with E-state index >= 15 is 0 Å². The lowest BCUT2D eigenvalue weighted by atomic mass is 9.81. The molecular formula is C26H26FNO2S. The first-order valence-electron chi connectivity index (χ1n) is 10.4. The molecule has 0 aliphatic carbocycles. The van der Waals surface area contributed by atoms with Crippen LogP contribution >= 0.6 is 11.9 Å². The van der Waals surface area contributed by atoms with Crippen molar-refractivity contribution in [1.29, 1.82) is 0 Å². The SMILES string of the molecule is Cc1ccc(-c2c(C)c3c(c(C)c2CC(=O)O)CCN(Sc2cccc(F)c2)C3)cc1. The van der Waals surface area contributed by atoms with Crippen LogP contribution in [0.5, 0.6) is 0 Å². The summed E-state index contributed by atoms with van der Waals surface area (Å²) in [6, 6.07) is 15.0. The topological polar surface area (TPSA) is 40.5 Å². The van der Waals surface area contributed by atoms with Crippen molar-refractivity contribution >= 4 is 17.9 Å². The second-order valence-electron chi connectivity index (χ2n) is 8.16. The van der Waals surface area contributed by atoms with Crippen LogP contribution in [0.2, 0.25) is 0 Å². The quantitative estimate of drug-likeness (QED) is 0.491. The lowest BCUT2D eigenvalue weighted by molar-refractivity contribution is -0.136. The van der Waals surface area contributed by atoms with Crippen LogP contribution < -0.4 is 0 Å². The van der Waals surface area contributed by atoms with Crippen LogP contribution in [0.25, 0.3) is 11.1 Å². The Morgan fingerprint density at radius 2 is 1.81 bits per heavy atom. The van der Waals surface area contributed by atoms with Crippen LogP contribution in [0.4, 0.5) is 4.39 Å². The van der Waals surface area contributed by atoms with Gasteiger partial charge in [0, 0.05) is 18.0 Å². The molecular weight excluding hydrogens is 409 g/mol. The standard InChI is InChI=1S/C26H26FNO2S/c1-16-7-9-19(10-8-16)26-18(3)24-15-28(31-21-6-4-5-20(27)13-21)12-11-22(24)17(2)23(26)14-25(29)30/h4-10,13H,11-12,14-15H2,1-3H3,(H,29,30). The molecule has 0 atom stereocenters. The van der Waals surface area contributed by atoms with Gasteiger partial charge in [-0.1, -0.05) is 35.9 Å². The molecule has 0 radical (unpaired) electrons. The van der Waals surface area contributed by atoms with Gasteiger partial charge in [0.2, 0.25) is 0 Å². The summed E-state index contributed by atoms with van der Waals surface area (Å²) in [5.74, 6) is -1.04. The molecule has 3 aromatic rings. The summed E-state index contributed by atoms with van der Waals surface area (Å²) in [4.78, 5) is 12.6. The van der Waals surface area contributed by atoms with E-state index in [9.17, 15) is 14.3 Å². The number of rotatable bonds is 5. The van der Waals surface area contributed by atoms with Crippen molar-refractivity contribution in [1.82, 2.24) is 4.31 Å². The van der Waals surface area contributed by atoms with Crippen LogP contribution in [0.1, 0.15) is 33.4 Å². The number of nitrogens with zero attached hydrogens (tertiary/aromatic N) is 1. The molecule has 0 fully saturated rings. The zero-order valence-electron chi connectivity index (χ0n) is 18.0. The largest absolute Gasteiger partial charge is 0.481 e. The summed E-state index contributed by atoms with van der Waals surface area (Å²) in [7, 11) is 0. The number of halogens is 1. The Bertz CT molecular complexity index is 1140. The Labute approximate surface area is 187 Å². The van der Waals surface area contributed by atoms with Crippen LogP contribution in [-0.4, -0.2) is 21.9 Å². The summed E-state index contributed by atoms with van der Waals surface area (Å²) < 4.78 is 15.9. The van der Waals surface area contributed by atoms with E-state index in [0.29, 0.717) is 0 Å². The van der Waals surface area contributed by atoms with Gasteiger partial charge >= 0.3 is 5.97 Å². The van der Waals surface area contributed by atoms with E-state index in [4.69, 9.17) is 0 Å². The van der Waals surface area contributed by atoms with Crippen LogP contribution in [0.15, 0.2) is 53.4 Å². The maximum Gasteiger partial charge on any atom is 0.307 e. The van der Waals surface area contributed by atoms with Gasteiger partial charge in [0.25, 0.3) is 0 Å². The van der Waals surface area contributed by atoms with Crippen LogP contribution in [0.3, 0.4) is 0 Å². The molecule has 0 bridgehead atoms. The highest BCUT2D eigenvalue weighted by molar-refractivity contribution is 7.97. The van der Waals surface area contributed by atoms with Crippen molar-refractivity contribution in [3.63, 3.8) is 0 Å². The second kappa shape index (κ2) is 8.85. The Balaban J connectivity index is 1.77. The fraction of sp³-hybridized carbons (Fsp3) is 0.269. The Morgan fingerprint density at radius 3 is 2.48 bits per heavy atom. The minimum absolute atomic E-state index is 0.0188. The molecule has 0 aromatic heterocycles. The molecule has 31 heavy (non-hydrogen) atoms. The number of hydrogen-bond acceptors (Lipinski definition) is 3. The number of aliphatic carboxylic acids is 1. The van der Waals surface area contributed by atoms with Gasteiger partial charge < -0.3 is 5.11 Å². The molecule has 1 N–H and O–H groups in total. The summed E-state index contributed by atoms with van der Waals surface area (Å²) >= 11 is 1.57. The molecule has 1 aliphatic rings. The van der Waals surface area contributed by atoms with Gasteiger partial charge in [-0.25, -0.2) is 8.70 Å². The number of carboxylic acid groups (broad SMARTS) is 1. The number of benzene rings is 3. The van der Waals surface area contributed by atoms with Crippen molar-refractivity contribution in [3.8, 4) is 11.1 Å². The molecule has 5 heteroatoms. The molecule has 0 amide bonds. The summed E-state index contributed by atoms with van der Waals surface area (Å²) in [6.45, 7) is 7.80. The summed E-state index contributed by atoms with van der Waals surface area (Å²) in [5.41, 5.74) is 8.95. The first-order valence-corrected chi connectivity index (χ1v) is 11.2. The van der Waals surface area contributed by atoms with E-state index in [0.717, 1.165) is 52.2 Å². The van der Waals surface area contributed by atoms with Crippen LogP contribution in [-0.2, 0) is 24.2 Å². The third kappa shape index (κ3) is 4.53. The van der Waals surface area contributed by atoms with Crippen molar-refractivity contribution in [3.05, 3.63) is 87.7 Å². The molecule has 0 saturated carbocycles. The Morgan fingerprint density at radius 1 is 1.06 bits per heavy atom. The van der Waals surface area contributed by atoms with E-state index < -0.39 is 5.97 Å². The average Bonchev–Trinajstić information content (AvgIpc) is 2.73. The van der Waals surface area contributed by atoms with Gasteiger partial charge in [-0.05, 0) is 96.3 Å². The summed E-state index contributed by atoms with van der Waals surface area (Å²) in [6.07, 6.45) is 0.871. The highest BCUT2D eigenvalue weighted by Crippen LogP contribution is 2.40. The van der Waals surface area contributed by atoms with Gasteiger partial charge in [0.15, 0.2) is 0 Å². The number of hydrogen-bond donors (Lipinski definition) is 1. The van der Waals surface area contributed by atoms with Crippen molar-refractivity contribution in [2.45, 2.75) is 45.1 Å². The van der Waals surface area contributed by atoms with E-state index in [1.807, 2.05) is 6.07 Å². The van der Waals surface area contributed by atoms with Gasteiger partial charge in [-0.3, -0.25) is 4.79 Å². The van der Waals surface area contributed by atoms with Crippen molar-refractivity contribution in [2.75, 3.05) is 6.54 Å². The summed E-state index contributed by atoms with van der Waals surface area (Å²) in [5, 5.41) is 9.59. The number of fused-ring (bicyclic) bond motifs is 1. The van der Waals surface area contributed by atoms with E-state index in [1.165, 1.54) is 22.8 Å². The minimum atomic E-state index is -0.810. The predicted molar refractivity (Wildman–Crippen MR) is 124 cm³/mol. The van der Waals surface area contributed by atoms with E-state index in [1.54, 1.807) is 24.1 Å². The zero-order valence-corrected chi connectivity index (χ0v) is 18.9. The van der Waals surface area contributed by atoms with Gasteiger partial charge in [0.1, 0.15) is 5.82 Å². The van der Waals surface area contributed by atoms with Gasteiger partial charge in [-0.15, -0.1) is 0 Å². The number of carboxylic acids is 1. The Hall–Kier alpha value is -2.63. The first kappa shape index (κ1) is 21.6. The third-order valence-corrected chi connectivity index (χ3v) is 7.08. The van der Waals surface area contributed by atoms with E-state index in [-0.39, 0.29) is 12.2 Å². The maximum absolute atomic E-state index is 13.6. The number of aryl methyl sites for hydroxylation is 1. The fourth-order valence-electron chi connectivity index (χ4n) is 4.48. The smallest absolute Gasteiger partial charge is 0.307 e. The lowest BCUT2D eigenvalue weighted by Gasteiger charge is -2.32. The van der Waals surface area contributed by atoms with Gasteiger partial charge in [-0.2, -0.15) is 0 Å². The fourth-order valence-corrected chi connectivity index (χ4v) is 5.46. The second-order valence-corrected chi connectivity index (χ2v) is 9.33. The lowest BCUT2D eigenvalue weighted by Crippen LogP contribution is -2.27.